The smallest absolute Gasteiger partial charge is 0.251 e. The van der Waals surface area contributed by atoms with E-state index >= 15 is 0 Å². The molecule has 2 fully saturated rings. The first-order valence-corrected chi connectivity index (χ1v) is 10.2. The Morgan fingerprint density at radius 1 is 1.23 bits per heavy atom. The number of ether oxygens (including phenoxy) is 2. The molecule has 6 heteroatoms. The van der Waals surface area contributed by atoms with Gasteiger partial charge in [0.1, 0.15) is 0 Å². The van der Waals surface area contributed by atoms with Crippen molar-refractivity contribution in [2.45, 2.75) is 43.9 Å². The van der Waals surface area contributed by atoms with Crippen LogP contribution in [0.25, 0.3) is 0 Å². The molecule has 1 saturated heterocycles. The van der Waals surface area contributed by atoms with Crippen molar-refractivity contribution < 1.29 is 14.3 Å². The molecule has 5 nitrogen and oxygen atoms in total. The third kappa shape index (κ3) is 4.47. The summed E-state index contributed by atoms with van der Waals surface area (Å²) < 4.78 is 12.4. The van der Waals surface area contributed by atoms with Gasteiger partial charge in [-0.3, -0.25) is 9.69 Å². The second-order valence-electron chi connectivity index (χ2n) is 7.35. The minimum Gasteiger partial charge on any atom is -0.353 e. The molecule has 0 spiro atoms. The van der Waals surface area contributed by atoms with Crippen LogP contribution in [0, 0.1) is 5.92 Å². The van der Waals surface area contributed by atoms with Crippen LogP contribution in [0.5, 0.6) is 0 Å². The highest BCUT2D eigenvalue weighted by Crippen LogP contribution is 2.38. The molecular weight excluding hydrogens is 396 g/mol. The predicted molar refractivity (Wildman–Crippen MR) is 105 cm³/mol. The number of halogens is 1. The molecule has 1 amide bonds. The van der Waals surface area contributed by atoms with E-state index in [0.717, 1.165) is 36.8 Å². The summed E-state index contributed by atoms with van der Waals surface area (Å²) >= 11 is 3.40. The molecule has 26 heavy (non-hydrogen) atoms. The van der Waals surface area contributed by atoms with E-state index in [4.69, 9.17) is 9.47 Å². The van der Waals surface area contributed by atoms with Crippen molar-refractivity contribution in [2.24, 2.45) is 5.92 Å². The van der Waals surface area contributed by atoms with Gasteiger partial charge < -0.3 is 14.8 Å². The van der Waals surface area contributed by atoms with Gasteiger partial charge in [-0.1, -0.05) is 15.9 Å². The van der Waals surface area contributed by atoms with E-state index in [2.05, 4.69) is 26.1 Å². The lowest BCUT2D eigenvalue weighted by Gasteiger charge is -2.46. The monoisotopic (exact) mass is 424 g/mol. The molecule has 2 aliphatic rings. The van der Waals surface area contributed by atoms with E-state index < -0.39 is 5.79 Å². The normalized spacial score (nSPS) is 26.0. The number of carbonyl (C=O) groups excluding carboxylic acids is 1. The Morgan fingerprint density at radius 3 is 2.50 bits per heavy atom. The first kappa shape index (κ1) is 19.8. The van der Waals surface area contributed by atoms with E-state index in [1.807, 2.05) is 24.3 Å². The van der Waals surface area contributed by atoms with Crippen molar-refractivity contribution in [3.8, 4) is 0 Å². The van der Waals surface area contributed by atoms with Crippen LogP contribution in [0.3, 0.4) is 0 Å². The predicted octanol–water partition coefficient (Wildman–Crippen LogP) is 3.43. The third-order valence-electron chi connectivity index (χ3n) is 5.95. The second-order valence-corrected chi connectivity index (χ2v) is 8.26. The zero-order valence-corrected chi connectivity index (χ0v) is 17.3. The fourth-order valence-corrected chi connectivity index (χ4v) is 4.57. The number of likely N-dealkylation sites (tertiary alicyclic amines) is 1. The molecular formula is C20H29BrN2O3. The van der Waals surface area contributed by atoms with Crippen LogP contribution in [-0.2, 0) is 9.47 Å². The Labute approximate surface area is 164 Å². The molecule has 1 aromatic rings. The molecule has 1 N–H and O–H groups in total. The number of methoxy groups -OCH3 is 2. The van der Waals surface area contributed by atoms with Gasteiger partial charge in [-0.25, -0.2) is 0 Å². The standard InChI is InChI=1S/C20H29BrN2O3/c1-25-20(26-2)10-9-16(18(13-20)23-11-3-4-12-23)14-22-19(24)15-5-7-17(21)8-6-15/h5-8,16,18H,3-4,9-14H2,1-2H3,(H,22,24). The highest BCUT2D eigenvalue weighted by atomic mass is 79.9. The van der Waals surface area contributed by atoms with E-state index in [9.17, 15) is 4.79 Å². The highest BCUT2D eigenvalue weighted by Gasteiger charge is 2.44. The summed E-state index contributed by atoms with van der Waals surface area (Å²) in [5, 5.41) is 3.14. The van der Waals surface area contributed by atoms with Crippen molar-refractivity contribution in [1.29, 1.82) is 0 Å². The molecule has 0 aromatic heterocycles. The molecule has 144 valence electrons. The average molecular weight is 425 g/mol. The minimum absolute atomic E-state index is 0.00649. The maximum Gasteiger partial charge on any atom is 0.251 e. The molecule has 1 aliphatic heterocycles. The van der Waals surface area contributed by atoms with Gasteiger partial charge in [0, 0.05) is 49.7 Å². The van der Waals surface area contributed by atoms with E-state index in [1.165, 1.54) is 12.8 Å². The van der Waals surface area contributed by atoms with Gasteiger partial charge in [0.15, 0.2) is 5.79 Å². The van der Waals surface area contributed by atoms with Crippen molar-refractivity contribution in [3.63, 3.8) is 0 Å². The zero-order valence-electron chi connectivity index (χ0n) is 15.7. The SMILES string of the molecule is COC1(OC)CCC(CNC(=O)c2ccc(Br)cc2)C(N2CCCC2)C1. The molecule has 1 aromatic carbocycles. The first-order chi connectivity index (χ1) is 12.6. The Bertz CT molecular complexity index is 598. The molecule has 2 unspecified atom stereocenters. The van der Waals surface area contributed by atoms with Crippen molar-refractivity contribution in [1.82, 2.24) is 10.2 Å². The van der Waals surface area contributed by atoms with Gasteiger partial charge in [-0.15, -0.1) is 0 Å². The van der Waals surface area contributed by atoms with Gasteiger partial charge >= 0.3 is 0 Å². The van der Waals surface area contributed by atoms with Crippen LogP contribution >= 0.6 is 15.9 Å². The third-order valence-corrected chi connectivity index (χ3v) is 6.47. The van der Waals surface area contributed by atoms with Crippen LogP contribution in [0.15, 0.2) is 28.7 Å². The zero-order chi connectivity index (χ0) is 18.6. The first-order valence-electron chi connectivity index (χ1n) is 9.45. The van der Waals surface area contributed by atoms with E-state index in [-0.39, 0.29) is 5.91 Å². The summed E-state index contributed by atoms with van der Waals surface area (Å²) in [5.41, 5.74) is 0.699. The number of hydrogen-bond acceptors (Lipinski definition) is 4. The maximum atomic E-state index is 12.5. The Kier molecular flexibility index (Phi) is 6.72. The lowest BCUT2D eigenvalue weighted by Crippen LogP contribution is -2.53. The molecule has 2 atom stereocenters. The van der Waals surface area contributed by atoms with Crippen LogP contribution in [0.1, 0.15) is 42.5 Å². The van der Waals surface area contributed by atoms with Crippen molar-refractivity contribution >= 4 is 21.8 Å². The molecule has 0 bridgehead atoms. The Morgan fingerprint density at radius 2 is 1.88 bits per heavy atom. The average Bonchev–Trinajstić information content (AvgIpc) is 3.21. The molecule has 1 heterocycles. The summed E-state index contributed by atoms with van der Waals surface area (Å²) in [5.74, 6) is -0.0710. The number of nitrogens with zero attached hydrogens (tertiary/aromatic N) is 1. The van der Waals surface area contributed by atoms with Crippen molar-refractivity contribution in [3.05, 3.63) is 34.3 Å². The van der Waals surface area contributed by atoms with Gasteiger partial charge in [-0.05, 0) is 62.5 Å². The Balaban J connectivity index is 1.65. The molecule has 1 saturated carbocycles. The maximum absolute atomic E-state index is 12.5. The summed E-state index contributed by atoms with van der Waals surface area (Å²) in [6.07, 6.45) is 5.22. The van der Waals surface area contributed by atoms with Crippen LogP contribution in [0.2, 0.25) is 0 Å². The number of amides is 1. The summed E-state index contributed by atoms with van der Waals surface area (Å²) in [7, 11) is 3.47. The highest BCUT2D eigenvalue weighted by molar-refractivity contribution is 9.10. The number of hydrogen-bond donors (Lipinski definition) is 1. The molecule has 0 radical (unpaired) electrons. The summed E-state index contributed by atoms with van der Waals surface area (Å²) in [6.45, 7) is 2.95. The van der Waals surface area contributed by atoms with Crippen LogP contribution in [-0.4, -0.2) is 56.5 Å². The van der Waals surface area contributed by atoms with Crippen molar-refractivity contribution in [2.75, 3.05) is 33.9 Å². The topological polar surface area (TPSA) is 50.8 Å². The number of carbonyl (C=O) groups is 1. The summed E-state index contributed by atoms with van der Waals surface area (Å²) in [6, 6.07) is 7.87. The minimum atomic E-state index is -0.487. The molecule has 1 aliphatic carbocycles. The summed E-state index contributed by atoms with van der Waals surface area (Å²) in [4.78, 5) is 15.0. The lowest BCUT2D eigenvalue weighted by molar-refractivity contribution is -0.238. The molecule has 3 rings (SSSR count). The van der Waals surface area contributed by atoms with E-state index in [0.29, 0.717) is 24.1 Å². The largest absolute Gasteiger partial charge is 0.353 e. The number of nitrogens with one attached hydrogen (secondary N) is 1. The van der Waals surface area contributed by atoms with Gasteiger partial charge in [0.2, 0.25) is 0 Å². The second kappa shape index (κ2) is 8.83. The van der Waals surface area contributed by atoms with Gasteiger partial charge in [0.25, 0.3) is 5.91 Å². The lowest BCUT2D eigenvalue weighted by atomic mass is 9.79. The van der Waals surface area contributed by atoms with E-state index in [1.54, 1.807) is 14.2 Å². The van der Waals surface area contributed by atoms with Gasteiger partial charge in [0.05, 0.1) is 0 Å². The van der Waals surface area contributed by atoms with Crippen LogP contribution < -0.4 is 5.32 Å². The number of rotatable bonds is 6. The number of benzene rings is 1. The Hall–Kier alpha value is -0.950. The van der Waals surface area contributed by atoms with Crippen LogP contribution in [0.4, 0.5) is 0 Å². The quantitative estimate of drug-likeness (QED) is 0.710. The fraction of sp³-hybridized carbons (Fsp3) is 0.650. The fourth-order valence-electron chi connectivity index (χ4n) is 4.30. The van der Waals surface area contributed by atoms with Gasteiger partial charge in [-0.2, -0.15) is 0 Å².